The molecule has 0 spiro atoms. The van der Waals surface area contributed by atoms with Crippen molar-refractivity contribution in [1.82, 2.24) is 9.97 Å². The van der Waals surface area contributed by atoms with Gasteiger partial charge in [-0.1, -0.05) is 17.7 Å². The zero-order valence-electron chi connectivity index (χ0n) is 9.26. The smallest absolute Gasteiger partial charge is 0.195 e. The van der Waals surface area contributed by atoms with Crippen molar-refractivity contribution in [1.29, 1.82) is 0 Å². The van der Waals surface area contributed by atoms with Gasteiger partial charge < -0.3 is 5.73 Å². The van der Waals surface area contributed by atoms with Crippen molar-refractivity contribution >= 4 is 23.1 Å². The Bertz CT molecular complexity index is 552. The number of rotatable bonds is 2. The van der Waals surface area contributed by atoms with E-state index in [1.807, 2.05) is 19.1 Å². The highest BCUT2D eigenvalue weighted by atomic mass is 35.5. The third-order valence-corrected chi connectivity index (χ3v) is 2.44. The van der Waals surface area contributed by atoms with Crippen LogP contribution < -0.4 is 5.73 Å². The summed E-state index contributed by atoms with van der Waals surface area (Å²) in [5.74, 6) is 0.683. The van der Waals surface area contributed by atoms with Crippen LogP contribution in [0.15, 0.2) is 41.7 Å². The fraction of sp³-hybridized carbons (Fsp3) is 0.0833. The summed E-state index contributed by atoms with van der Waals surface area (Å²) in [7, 11) is 0. The van der Waals surface area contributed by atoms with Crippen molar-refractivity contribution in [3.05, 3.63) is 53.1 Å². The van der Waals surface area contributed by atoms with E-state index in [4.69, 9.17) is 17.3 Å². The molecule has 0 amide bonds. The van der Waals surface area contributed by atoms with Crippen molar-refractivity contribution in [2.45, 2.75) is 6.92 Å². The van der Waals surface area contributed by atoms with Gasteiger partial charge in [0, 0.05) is 17.4 Å². The Kier molecular flexibility index (Phi) is 3.35. The van der Waals surface area contributed by atoms with Gasteiger partial charge in [-0.15, -0.1) is 0 Å². The second kappa shape index (κ2) is 4.93. The lowest BCUT2D eigenvalue weighted by atomic mass is 10.2. The normalized spacial score (nSPS) is 11.5. The molecule has 86 valence electrons. The summed E-state index contributed by atoms with van der Waals surface area (Å²) in [6, 6.07) is 7.18. The van der Waals surface area contributed by atoms with E-state index in [1.54, 1.807) is 24.5 Å². The molecule has 2 N–H and O–H groups in total. The Morgan fingerprint density at radius 1 is 1.29 bits per heavy atom. The third kappa shape index (κ3) is 2.79. The maximum absolute atomic E-state index is 5.90. The topological polar surface area (TPSA) is 64.2 Å². The average molecular weight is 247 g/mol. The predicted octanol–water partition coefficient (Wildman–Crippen LogP) is 2.48. The molecular weight excluding hydrogens is 236 g/mol. The molecule has 0 aliphatic rings. The summed E-state index contributed by atoms with van der Waals surface area (Å²) in [6.45, 7) is 1.94. The first-order valence-electron chi connectivity index (χ1n) is 5.04. The van der Waals surface area contributed by atoms with Gasteiger partial charge in [0.15, 0.2) is 11.7 Å². The van der Waals surface area contributed by atoms with Crippen LogP contribution >= 0.6 is 11.6 Å². The number of aromatic nitrogens is 2. The minimum absolute atomic E-state index is 0.274. The van der Waals surface area contributed by atoms with E-state index in [9.17, 15) is 0 Å². The van der Waals surface area contributed by atoms with Gasteiger partial charge in [-0.3, -0.25) is 0 Å². The minimum Gasteiger partial charge on any atom is -0.381 e. The highest BCUT2D eigenvalue weighted by Crippen LogP contribution is 2.23. The second-order valence-electron chi connectivity index (χ2n) is 3.50. The quantitative estimate of drug-likeness (QED) is 0.654. The molecule has 5 heteroatoms. The largest absolute Gasteiger partial charge is 0.381 e. The first-order valence-corrected chi connectivity index (χ1v) is 5.42. The minimum atomic E-state index is 0.274. The number of amidine groups is 1. The Morgan fingerprint density at radius 2 is 2.00 bits per heavy atom. The van der Waals surface area contributed by atoms with Crippen LogP contribution in [0.4, 0.5) is 5.69 Å². The summed E-state index contributed by atoms with van der Waals surface area (Å²) in [5.41, 5.74) is 7.55. The van der Waals surface area contributed by atoms with Crippen molar-refractivity contribution < 1.29 is 0 Å². The maximum Gasteiger partial charge on any atom is 0.195 e. The Hall–Kier alpha value is -1.94. The standard InChI is InChI=1S/C12H11ClN4/c1-8-3-4-9(13)7-10(8)17-11(14)12-15-5-2-6-16-12/h2-7H,1H3,(H2,14,17). The molecule has 17 heavy (non-hydrogen) atoms. The van der Waals surface area contributed by atoms with E-state index < -0.39 is 0 Å². The lowest BCUT2D eigenvalue weighted by Gasteiger charge is -2.02. The predicted molar refractivity (Wildman–Crippen MR) is 68.6 cm³/mol. The van der Waals surface area contributed by atoms with Gasteiger partial charge in [0.1, 0.15) is 0 Å². The summed E-state index contributed by atoms with van der Waals surface area (Å²) in [4.78, 5) is 12.3. The lowest BCUT2D eigenvalue weighted by Crippen LogP contribution is -2.16. The van der Waals surface area contributed by atoms with Gasteiger partial charge in [-0.05, 0) is 30.7 Å². The molecule has 0 radical (unpaired) electrons. The molecule has 0 atom stereocenters. The SMILES string of the molecule is Cc1ccc(Cl)cc1N=C(N)c1ncccn1. The molecule has 0 aliphatic heterocycles. The average Bonchev–Trinajstić information content (AvgIpc) is 2.35. The lowest BCUT2D eigenvalue weighted by molar-refractivity contribution is 1.12. The van der Waals surface area contributed by atoms with Crippen LogP contribution in [0.25, 0.3) is 0 Å². The molecule has 1 heterocycles. The van der Waals surface area contributed by atoms with Gasteiger partial charge in [0.2, 0.25) is 0 Å². The Morgan fingerprint density at radius 3 is 2.71 bits per heavy atom. The number of nitrogens with two attached hydrogens (primary N) is 1. The van der Waals surface area contributed by atoms with Crippen molar-refractivity contribution in [3.8, 4) is 0 Å². The molecular formula is C12H11ClN4. The monoisotopic (exact) mass is 246 g/mol. The van der Waals surface area contributed by atoms with E-state index in [1.165, 1.54) is 0 Å². The fourth-order valence-corrected chi connectivity index (χ4v) is 1.48. The van der Waals surface area contributed by atoms with Crippen LogP contribution in [-0.4, -0.2) is 15.8 Å². The second-order valence-corrected chi connectivity index (χ2v) is 3.94. The zero-order chi connectivity index (χ0) is 12.3. The number of aryl methyl sites for hydroxylation is 1. The molecule has 0 bridgehead atoms. The van der Waals surface area contributed by atoms with Gasteiger partial charge in [-0.2, -0.15) is 0 Å². The van der Waals surface area contributed by atoms with Gasteiger partial charge >= 0.3 is 0 Å². The zero-order valence-corrected chi connectivity index (χ0v) is 10.0. The van der Waals surface area contributed by atoms with Crippen molar-refractivity contribution in [3.63, 3.8) is 0 Å². The van der Waals surface area contributed by atoms with Crippen LogP contribution in [0.1, 0.15) is 11.4 Å². The van der Waals surface area contributed by atoms with E-state index in [0.29, 0.717) is 10.8 Å². The van der Waals surface area contributed by atoms with Crippen LogP contribution in [0.3, 0.4) is 0 Å². The number of benzene rings is 1. The molecule has 2 aromatic rings. The molecule has 0 saturated carbocycles. The molecule has 1 aromatic carbocycles. The molecule has 0 fully saturated rings. The van der Waals surface area contributed by atoms with Crippen molar-refractivity contribution in [2.75, 3.05) is 0 Å². The van der Waals surface area contributed by atoms with Gasteiger partial charge in [0.05, 0.1) is 5.69 Å². The highest BCUT2D eigenvalue weighted by Gasteiger charge is 2.03. The van der Waals surface area contributed by atoms with E-state index in [2.05, 4.69) is 15.0 Å². The third-order valence-electron chi connectivity index (χ3n) is 2.21. The van der Waals surface area contributed by atoms with Crippen LogP contribution in [0.2, 0.25) is 5.02 Å². The molecule has 0 saturated heterocycles. The van der Waals surface area contributed by atoms with Crippen LogP contribution in [-0.2, 0) is 0 Å². The van der Waals surface area contributed by atoms with Gasteiger partial charge in [-0.25, -0.2) is 15.0 Å². The Labute approximate surface area is 104 Å². The highest BCUT2D eigenvalue weighted by molar-refractivity contribution is 6.30. The molecule has 0 aliphatic carbocycles. The van der Waals surface area contributed by atoms with Crippen LogP contribution in [0.5, 0.6) is 0 Å². The number of halogens is 1. The summed E-state index contributed by atoms with van der Waals surface area (Å²) in [5, 5.41) is 0.621. The van der Waals surface area contributed by atoms with E-state index in [-0.39, 0.29) is 5.84 Å². The maximum atomic E-state index is 5.90. The molecule has 0 unspecified atom stereocenters. The van der Waals surface area contributed by atoms with E-state index >= 15 is 0 Å². The molecule has 1 aromatic heterocycles. The number of nitrogens with zero attached hydrogens (tertiary/aromatic N) is 3. The summed E-state index contributed by atoms with van der Waals surface area (Å²) < 4.78 is 0. The Balaban J connectivity index is 2.39. The van der Waals surface area contributed by atoms with Crippen molar-refractivity contribution in [2.24, 2.45) is 10.7 Å². The number of hydrogen-bond donors (Lipinski definition) is 1. The van der Waals surface area contributed by atoms with E-state index in [0.717, 1.165) is 11.3 Å². The first-order chi connectivity index (χ1) is 8.16. The summed E-state index contributed by atoms with van der Waals surface area (Å²) in [6.07, 6.45) is 3.24. The molecule has 2 rings (SSSR count). The number of aliphatic imine (C=N–C) groups is 1. The molecule has 4 nitrogen and oxygen atoms in total. The van der Waals surface area contributed by atoms with Crippen LogP contribution in [0, 0.1) is 6.92 Å². The first kappa shape index (κ1) is 11.5. The fourth-order valence-electron chi connectivity index (χ4n) is 1.31. The summed E-state index contributed by atoms with van der Waals surface area (Å²) >= 11 is 5.90. The van der Waals surface area contributed by atoms with Gasteiger partial charge in [0.25, 0.3) is 0 Å². The number of hydrogen-bond acceptors (Lipinski definition) is 3.